The fourth-order valence-electron chi connectivity index (χ4n) is 2.07. The Bertz CT molecular complexity index is 673. The normalized spacial score (nSPS) is 10.2. The SMILES string of the molecule is CCOC(=O)CCN(Cc1ccco1)C(=O)Nc1cccc(Cl)c1. The molecule has 0 bridgehead atoms. The number of benzene rings is 1. The van der Waals surface area contributed by atoms with Gasteiger partial charge in [0, 0.05) is 17.3 Å². The number of carbonyl (C=O) groups is 2. The molecule has 1 aromatic heterocycles. The zero-order valence-corrected chi connectivity index (χ0v) is 14.1. The summed E-state index contributed by atoms with van der Waals surface area (Å²) in [5, 5.41) is 3.28. The number of furan rings is 1. The Morgan fingerprint density at radius 3 is 2.79 bits per heavy atom. The van der Waals surface area contributed by atoms with Crippen LogP contribution in [-0.4, -0.2) is 30.1 Å². The summed E-state index contributed by atoms with van der Waals surface area (Å²) in [5.74, 6) is 0.276. The standard InChI is InChI=1S/C17H19ClN2O4/c1-2-23-16(21)8-9-20(12-15-7-4-10-24-15)17(22)19-14-6-3-5-13(18)11-14/h3-7,10-11H,2,8-9,12H2,1H3,(H,19,22). The first-order chi connectivity index (χ1) is 11.6. The highest BCUT2D eigenvalue weighted by Crippen LogP contribution is 2.16. The molecule has 7 heteroatoms. The number of urea groups is 1. The summed E-state index contributed by atoms with van der Waals surface area (Å²) >= 11 is 5.92. The molecule has 6 nitrogen and oxygen atoms in total. The van der Waals surface area contributed by atoms with Crippen molar-refractivity contribution < 1.29 is 18.7 Å². The summed E-state index contributed by atoms with van der Waals surface area (Å²) in [4.78, 5) is 25.5. The van der Waals surface area contributed by atoms with E-state index in [0.717, 1.165) is 0 Å². The monoisotopic (exact) mass is 350 g/mol. The maximum absolute atomic E-state index is 12.5. The molecular formula is C17H19ClN2O4. The van der Waals surface area contributed by atoms with Crippen molar-refractivity contribution in [3.8, 4) is 0 Å². The van der Waals surface area contributed by atoms with Gasteiger partial charge in [0.15, 0.2) is 0 Å². The van der Waals surface area contributed by atoms with Crippen LogP contribution in [-0.2, 0) is 16.1 Å². The molecule has 0 saturated heterocycles. The van der Waals surface area contributed by atoms with E-state index in [-0.39, 0.29) is 31.5 Å². The maximum Gasteiger partial charge on any atom is 0.322 e. The molecule has 0 aliphatic heterocycles. The molecule has 0 radical (unpaired) electrons. The highest BCUT2D eigenvalue weighted by molar-refractivity contribution is 6.30. The van der Waals surface area contributed by atoms with Gasteiger partial charge < -0.3 is 19.4 Å². The van der Waals surface area contributed by atoms with Crippen LogP contribution in [0.25, 0.3) is 0 Å². The lowest BCUT2D eigenvalue weighted by atomic mass is 10.3. The molecular weight excluding hydrogens is 332 g/mol. The van der Waals surface area contributed by atoms with Crippen LogP contribution in [0.4, 0.5) is 10.5 Å². The van der Waals surface area contributed by atoms with E-state index in [2.05, 4.69) is 5.32 Å². The lowest BCUT2D eigenvalue weighted by molar-refractivity contribution is -0.143. The fraction of sp³-hybridized carbons (Fsp3) is 0.294. The summed E-state index contributed by atoms with van der Waals surface area (Å²) in [7, 11) is 0. The molecule has 2 aromatic rings. The highest BCUT2D eigenvalue weighted by atomic mass is 35.5. The van der Waals surface area contributed by atoms with E-state index in [1.807, 2.05) is 0 Å². The first-order valence-electron chi connectivity index (χ1n) is 7.58. The molecule has 1 aromatic carbocycles. The maximum atomic E-state index is 12.5. The Hall–Kier alpha value is -2.47. The number of nitrogens with zero attached hydrogens (tertiary/aromatic N) is 1. The predicted octanol–water partition coefficient (Wildman–Crippen LogP) is 3.92. The van der Waals surface area contributed by atoms with E-state index in [1.54, 1.807) is 43.3 Å². The van der Waals surface area contributed by atoms with Gasteiger partial charge in [-0.25, -0.2) is 4.79 Å². The first kappa shape index (κ1) is 17.9. The first-order valence-corrected chi connectivity index (χ1v) is 7.95. The minimum Gasteiger partial charge on any atom is -0.467 e. The molecule has 2 amide bonds. The van der Waals surface area contributed by atoms with Gasteiger partial charge in [-0.2, -0.15) is 0 Å². The van der Waals surface area contributed by atoms with Crippen molar-refractivity contribution in [2.45, 2.75) is 19.9 Å². The molecule has 0 fully saturated rings. The predicted molar refractivity (Wildman–Crippen MR) is 90.8 cm³/mol. The van der Waals surface area contributed by atoms with Gasteiger partial charge in [0.25, 0.3) is 0 Å². The van der Waals surface area contributed by atoms with Crippen LogP contribution in [0.15, 0.2) is 47.1 Å². The minimum absolute atomic E-state index is 0.109. The van der Waals surface area contributed by atoms with Crippen LogP contribution in [0, 0.1) is 0 Å². The molecule has 0 saturated carbocycles. The zero-order chi connectivity index (χ0) is 17.4. The molecule has 0 aliphatic carbocycles. The summed E-state index contributed by atoms with van der Waals surface area (Å²) in [6.45, 7) is 2.51. The molecule has 1 N–H and O–H groups in total. The summed E-state index contributed by atoms with van der Waals surface area (Å²) in [6.07, 6.45) is 1.64. The second kappa shape index (κ2) is 8.98. The number of esters is 1. The van der Waals surface area contributed by atoms with Gasteiger partial charge in [-0.05, 0) is 37.3 Å². The van der Waals surface area contributed by atoms with E-state index in [1.165, 1.54) is 11.2 Å². The lowest BCUT2D eigenvalue weighted by Crippen LogP contribution is -2.36. The average molecular weight is 351 g/mol. The van der Waals surface area contributed by atoms with Gasteiger partial charge >= 0.3 is 12.0 Å². The Balaban J connectivity index is 2.02. The van der Waals surface area contributed by atoms with Crippen molar-refractivity contribution in [2.75, 3.05) is 18.5 Å². The molecule has 0 unspecified atom stereocenters. The van der Waals surface area contributed by atoms with Crippen molar-refractivity contribution in [1.82, 2.24) is 4.90 Å². The smallest absolute Gasteiger partial charge is 0.322 e. The summed E-state index contributed by atoms with van der Waals surface area (Å²) in [6, 6.07) is 10.0. The van der Waals surface area contributed by atoms with Gasteiger partial charge in [0.05, 0.1) is 25.8 Å². The molecule has 2 rings (SSSR count). The fourth-order valence-corrected chi connectivity index (χ4v) is 2.26. The van der Waals surface area contributed by atoms with Crippen LogP contribution in [0.5, 0.6) is 0 Å². The van der Waals surface area contributed by atoms with Crippen LogP contribution >= 0.6 is 11.6 Å². The molecule has 0 spiro atoms. The Kier molecular flexibility index (Phi) is 6.69. The van der Waals surface area contributed by atoms with Crippen molar-refractivity contribution in [2.24, 2.45) is 0 Å². The summed E-state index contributed by atoms with van der Waals surface area (Å²) in [5.41, 5.74) is 0.577. The van der Waals surface area contributed by atoms with E-state index in [9.17, 15) is 9.59 Å². The number of halogens is 1. The van der Waals surface area contributed by atoms with Crippen molar-refractivity contribution >= 4 is 29.3 Å². The van der Waals surface area contributed by atoms with Crippen LogP contribution in [0.2, 0.25) is 5.02 Å². The number of anilines is 1. The Morgan fingerprint density at radius 1 is 1.29 bits per heavy atom. The number of nitrogens with one attached hydrogen (secondary N) is 1. The van der Waals surface area contributed by atoms with E-state index in [0.29, 0.717) is 23.1 Å². The number of hydrogen-bond donors (Lipinski definition) is 1. The van der Waals surface area contributed by atoms with Crippen LogP contribution in [0.3, 0.4) is 0 Å². The third kappa shape index (κ3) is 5.62. The quantitative estimate of drug-likeness (QED) is 0.768. The number of hydrogen-bond acceptors (Lipinski definition) is 4. The molecule has 1 heterocycles. The molecule has 128 valence electrons. The number of amides is 2. The number of ether oxygens (including phenoxy) is 1. The second-order valence-electron chi connectivity index (χ2n) is 5.00. The van der Waals surface area contributed by atoms with Gasteiger partial charge in [-0.15, -0.1) is 0 Å². The van der Waals surface area contributed by atoms with E-state index < -0.39 is 0 Å². The number of carbonyl (C=O) groups excluding carboxylic acids is 2. The second-order valence-corrected chi connectivity index (χ2v) is 5.43. The lowest BCUT2D eigenvalue weighted by Gasteiger charge is -2.22. The zero-order valence-electron chi connectivity index (χ0n) is 13.3. The van der Waals surface area contributed by atoms with Crippen LogP contribution < -0.4 is 5.32 Å². The van der Waals surface area contributed by atoms with Crippen molar-refractivity contribution in [3.63, 3.8) is 0 Å². The van der Waals surface area contributed by atoms with E-state index in [4.69, 9.17) is 20.8 Å². The topological polar surface area (TPSA) is 71.8 Å². The van der Waals surface area contributed by atoms with Gasteiger partial charge in [-0.1, -0.05) is 17.7 Å². The van der Waals surface area contributed by atoms with Crippen molar-refractivity contribution in [3.05, 3.63) is 53.4 Å². The van der Waals surface area contributed by atoms with Crippen LogP contribution in [0.1, 0.15) is 19.1 Å². The molecule has 0 atom stereocenters. The van der Waals surface area contributed by atoms with Gasteiger partial charge in [-0.3, -0.25) is 4.79 Å². The van der Waals surface area contributed by atoms with Crippen molar-refractivity contribution in [1.29, 1.82) is 0 Å². The van der Waals surface area contributed by atoms with Gasteiger partial charge in [0.2, 0.25) is 0 Å². The number of rotatable bonds is 7. The largest absolute Gasteiger partial charge is 0.467 e. The third-order valence-corrected chi connectivity index (χ3v) is 3.42. The molecule has 0 aliphatic rings. The Labute approximate surface area is 145 Å². The third-order valence-electron chi connectivity index (χ3n) is 3.18. The highest BCUT2D eigenvalue weighted by Gasteiger charge is 2.17. The van der Waals surface area contributed by atoms with E-state index >= 15 is 0 Å². The molecule has 24 heavy (non-hydrogen) atoms. The Morgan fingerprint density at radius 2 is 2.12 bits per heavy atom. The summed E-state index contributed by atoms with van der Waals surface area (Å²) < 4.78 is 10.2. The minimum atomic E-state index is -0.350. The van der Waals surface area contributed by atoms with Gasteiger partial charge in [0.1, 0.15) is 5.76 Å². The average Bonchev–Trinajstić information content (AvgIpc) is 3.04.